The smallest absolute Gasteiger partial charge is 0.258 e. The van der Waals surface area contributed by atoms with Gasteiger partial charge in [-0.2, -0.15) is 11.3 Å². The van der Waals surface area contributed by atoms with Gasteiger partial charge in [0.1, 0.15) is 0 Å². The molecule has 0 spiro atoms. The Labute approximate surface area is 116 Å². The topological polar surface area (TPSA) is 15.3 Å². The van der Waals surface area contributed by atoms with Gasteiger partial charge < -0.3 is 5.32 Å². The maximum atomic E-state index is 13.0. The Bertz CT molecular complexity index is 293. The monoisotopic (exact) mass is 304 g/mol. The second-order valence-electron chi connectivity index (χ2n) is 3.62. The van der Waals surface area contributed by atoms with Gasteiger partial charge in [0, 0.05) is 26.2 Å². The van der Waals surface area contributed by atoms with Crippen molar-refractivity contribution in [1.82, 2.24) is 10.2 Å². The summed E-state index contributed by atoms with van der Waals surface area (Å²) >= 11 is 1.47. The molecule has 0 amide bonds. The third-order valence-corrected chi connectivity index (χ3v) is 3.37. The Morgan fingerprint density at radius 1 is 1.24 bits per heavy atom. The van der Waals surface area contributed by atoms with E-state index in [2.05, 4.69) is 5.32 Å². The molecule has 1 saturated heterocycles. The van der Waals surface area contributed by atoms with Crippen molar-refractivity contribution in [2.45, 2.75) is 12.5 Å². The minimum Gasteiger partial charge on any atom is -0.314 e. The van der Waals surface area contributed by atoms with Crippen LogP contribution in [0.5, 0.6) is 0 Å². The normalized spacial score (nSPS) is 18.3. The molecule has 1 fully saturated rings. The van der Waals surface area contributed by atoms with Gasteiger partial charge in [-0.05, 0) is 22.4 Å². The number of piperazine rings is 1. The second kappa shape index (κ2) is 8.21. The highest BCUT2D eigenvalue weighted by atomic mass is 35.5. The van der Waals surface area contributed by atoms with Gasteiger partial charge in [-0.1, -0.05) is 0 Å². The van der Waals surface area contributed by atoms with Crippen LogP contribution in [0.3, 0.4) is 0 Å². The van der Waals surface area contributed by atoms with Crippen molar-refractivity contribution in [3.63, 3.8) is 0 Å². The lowest BCUT2D eigenvalue weighted by molar-refractivity contribution is 0.0184. The van der Waals surface area contributed by atoms with Gasteiger partial charge in [-0.3, -0.25) is 4.90 Å². The molecule has 0 bridgehead atoms. The van der Waals surface area contributed by atoms with Crippen LogP contribution in [0.4, 0.5) is 8.78 Å². The molecule has 0 aliphatic carbocycles. The molecule has 1 N–H and O–H groups in total. The third-order valence-electron chi connectivity index (χ3n) is 2.67. The summed E-state index contributed by atoms with van der Waals surface area (Å²) in [6.45, 7) is 3.00. The lowest BCUT2D eigenvalue weighted by Crippen LogP contribution is -2.46. The Balaban J connectivity index is 0.00000128. The predicted octanol–water partition coefficient (Wildman–Crippen LogP) is 2.80. The molecule has 0 saturated carbocycles. The standard InChI is InChI=1S/C10H14F2N2S.2ClH/c11-10(12)9(8-1-6-15-7-8)14-4-2-13-3-5-14;;/h1,6-7,9-10,13H,2-5H2;2*1H/t9-;;/m1../s1. The number of halogens is 4. The van der Waals surface area contributed by atoms with Crippen molar-refractivity contribution in [2.75, 3.05) is 26.2 Å². The molecular formula is C10H16Cl2F2N2S. The predicted molar refractivity (Wildman–Crippen MR) is 72.0 cm³/mol. The van der Waals surface area contributed by atoms with E-state index in [-0.39, 0.29) is 24.8 Å². The van der Waals surface area contributed by atoms with Crippen LogP contribution in [0, 0.1) is 0 Å². The molecule has 1 atom stereocenters. The first-order valence-corrected chi connectivity index (χ1v) is 5.98. The highest BCUT2D eigenvalue weighted by Crippen LogP contribution is 2.29. The molecule has 2 heterocycles. The number of hydrogen-bond donors (Lipinski definition) is 1. The van der Waals surface area contributed by atoms with Gasteiger partial charge in [0.25, 0.3) is 6.43 Å². The average molecular weight is 305 g/mol. The Kier molecular flexibility index (Phi) is 8.24. The molecule has 7 heteroatoms. The second-order valence-corrected chi connectivity index (χ2v) is 4.40. The Morgan fingerprint density at radius 3 is 2.35 bits per heavy atom. The molecule has 100 valence electrons. The van der Waals surface area contributed by atoms with E-state index in [0.717, 1.165) is 18.7 Å². The van der Waals surface area contributed by atoms with E-state index >= 15 is 0 Å². The zero-order valence-corrected chi connectivity index (χ0v) is 11.6. The molecule has 2 nitrogen and oxygen atoms in total. The summed E-state index contributed by atoms with van der Waals surface area (Å²) in [5.41, 5.74) is 0.747. The molecule has 1 aliphatic rings. The highest BCUT2D eigenvalue weighted by Gasteiger charge is 2.30. The number of hydrogen-bond acceptors (Lipinski definition) is 3. The van der Waals surface area contributed by atoms with E-state index in [1.807, 2.05) is 15.7 Å². The van der Waals surface area contributed by atoms with Crippen molar-refractivity contribution >= 4 is 36.2 Å². The van der Waals surface area contributed by atoms with E-state index in [1.54, 1.807) is 6.07 Å². The fraction of sp³-hybridized carbons (Fsp3) is 0.600. The summed E-state index contributed by atoms with van der Waals surface area (Å²) in [5.74, 6) is 0. The maximum Gasteiger partial charge on any atom is 0.258 e. The Hall–Kier alpha value is 0.0600. The van der Waals surface area contributed by atoms with Gasteiger partial charge in [-0.25, -0.2) is 8.78 Å². The van der Waals surface area contributed by atoms with Crippen LogP contribution in [0.15, 0.2) is 16.8 Å². The fourth-order valence-electron chi connectivity index (χ4n) is 1.92. The molecular weight excluding hydrogens is 289 g/mol. The summed E-state index contributed by atoms with van der Waals surface area (Å²) in [6, 6.07) is 1.07. The van der Waals surface area contributed by atoms with Crippen LogP contribution in [0.2, 0.25) is 0 Å². The number of nitrogens with zero attached hydrogens (tertiary/aromatic N) is 1. The summed E-state index contributed by atoms with van der Waals surface area (Å²) in [6.07, 6.45) is -2.31. The van der Waals surface area contributed by atoms with Gasteiger partial charge >= 0.3 is 0 Å². The van der Waals surface area contributed by atoms with Crippen LogP contribution in [-0.2, 0) is 0 Å². The summed E-state index contributed by atoms with van der Waals surface area (Å²) in [7, 11) is 0. The zero-order chi connectivity index (χ0) is 10.7. The lowest BCUT2D eigenvalue weighted by Gasteiger charge is -2.34. The van der Waals surface area contributed by atoms with Crippen LogP contribution >= 0.6 is 36.2 Å². The maximum absolute atomic E-state index is 13.0. The number of rotatable bonds is 3. The summed E-state index contributed by atoms with van der Waals surface area (Å²) in [5, 5.41) is 6.84. The highest BCUT2D eigenvalue weighted by molar-refractivity contribution is 7.07. The summed E-state index contributed by atoms with van der Waals surface area (Å²) in [4.78, 5) is 1.86. The van der Waals surface area contributed by atoms with Gasteiger partial charge in [-0.15, -0.1) is 24.8 Å². The van der Waals surface area contributed by atoms with Gasteiger partial charge in [0.15, 0.2) is 0 Å². The first-order chi connectivity index (χ1) is 7.29. The first-order valence-electron chi connectivity index (χ1n) is 5.04. The van der Waals surface area contributed by atoms with Crippen molar-refractivity contribution in [3.05, 3.63) is 22.4 Å². The molecule has 2 rings (SSSR count). The van der Waals surface area contributed by atoms with E-state index in [0.29, 0.717) is 13.1 Å². The van der Waals surface area contributed by atoms with Crippen LogP contribution in [0.1, 0.15) is 11.6 Å². The van der Waals surface area contributed by atoms with Crippen molar-refractivity contribution in [1.29, 1.82) is 0 Å². The number of nitrogens with one attached hydrogen (secondary N) is 1. The zero-order valence-electron chi connectivity index (χ0n) is 9.14. The number of alkyl halides is 2. The quantitative estimate of drug-likeness (QED) is 0.924. The van der Waals surface area contributed by atoms with E-state index in [9.17, 15) is 8.78 Å². The van der Waals surface area contributed by atoms with Gasteiger partial charge in [0.2, 0.25) is 0 Å². The third kappa shape index (κ3) is 4.34. The molecule has 17 heavy (non-hydrogen) atoms. The van der Waals surface area contributed by atoms with Crippen molar-refractivity contribution < 1.29 is 8.78 Å². The van der Waals surface area contributed by atoms with Crippen LogP contribution in [0.25, 0.3) is 0 Å². The molecule has 0 radical (unpaired) electrons. The SMILES string of the molecule is Cl.Cl.FC(F)[C@@H](c1ccsc1)N1CCNCC1. The lowest BCUT2D eigenvalue weighted by atomic mass is 10.1. The van der Waals surface area contributed by atoms with Gasteiger partial charge in [0.05, 0.1) is 6.04 Å². The molecule has 1 aliphatic heterocycles. The minimum absolute atomic E-state index is 0. The van der Waals surface area contributed by atoms with Crippen molar-refractivity contribution in [3.8, 4) is 0 Å². The van der Waals surface area contributed by atoms with Crippen LogP contribution in [-0.4, -0.2) is 37.5 Å². The fourth-order valence-corrected chi connectivity index (χ4v) is 2.61. The molecule has 0 unspecified atom stereocenters. The van der Waals surface area contributed by atoms with E-state index < -0.39 is 12.5 Å². The van der Waals surface area contributed by atoms with E-state index in [1.165, 1.54) is 11.3 Å². The van der Waals surface area contributed by atoms with E-state index in [4.69, 9.17) is 0 Å². The van der Waals surface area contributed by atoms with Crippen molar-refractivity contribution in [2.24, 2.45) is 0 Å². The molecule has 1 aromatic heterocycles. The minimum atomic E-state index is -2.31. The molecule has 1 aromatic rings. The van der Waals surface area contributed by atoms with Crippen LogP contribution < -0.4 is 5.32 Å². The number of thiophene rings is 1. The first kappa shape index (κ1) is 17.1. The molecule has 0 aromatic carbocycles. The Morgan fingerprint density at radius 2 is 1.88 bits per heavy atom. The average Bonchev–Trinajstić information content (AvgIpc) is 2.72. The largest absolute Gasteiger partial charge is 0.314 e. The summed E-state index contributed by atoms with van der Waals surface area (Å²) < 4.78 is 26.0.